The van der Waals surface area contributed by atoms with Gasteiger partial charge in [0.15, 0.2) is 6.10 Å². The van der Waals surface area contributed by atoms with Crippen molar-refractivity contribution in [3.05, 3.63) is 109 Å². The lowest BCUT2D eigenvalue weighted by Crippen LogP contribution is -2.28. The lowest BCUT2D eigenvalue weighted by Gasteiger charge is -2.15. The summed E-state index contributed by atoms with van der Waals surface area (Å²) in [4.78, 5) is 24.6. The van der Waals surface area contributed by atoms with E-state index in [1.165, 1.54) is 186 Å². The van der Waals surface area contributed by atoms with Crippen LogP contribution in [0.3, 0.4) is 0 Å². The highest BCUT2D eigenvalue weighted by molar-refractivity contribution is 5.70. The SMILES string of the molecule is CC/C=C\C/C=C\C/C=C\C/C=C\C/C=C\C/C=C\C/C=C\CCCCCC(=O)OC(CO)COC(=O)CCCCCCCCCCCCCCCCCCCCCCCCCCC/C=C\C/C=C\CCCCCCC. The Balaban J connectivity index is 3.48. The number of rotatable bonds is 59. The van der Waals surface area contributed by atoms with Crippen molar-refractivity contribution in [3.8, 4) is 0 Å². The van der Waals surface area contributed by atoms with Gasteiger partial charge in [-0.2, -0.15) is 0 Å². The molecule has 0 aromatic rings. The third-order valence-electron chi connectivity index (χ3n) is 14.1. The molecule has 0 bridgehead atoms. The number of aliphatic hydroxyl groups excluding tert-OH is 1. The van der Waals surface area contributed by atoms with Crippen molar-refractivity contribution in [1.29, 1.82) is 0 Å². The normalized spacial score (nSPS) is 12.9. The number of aliphatic hydroxyl groups is 1. The maximum atomic E-state index is 12.3. The van der Waals surface area contributed by atoms with Crippen LogP contribution < -0.4 is 0 Å². The summed E-state index contributed by atoms with van der Waals surface area (Å²) >= 11 is 0. The Hall–Kier alpha value is -3.44. The molecule has 436 valence electrons. The Bertz CT molecular complexity index is 1470. The molecule has 0 aliphatic rings. The van der Waals surface area contributed by atoms with Crippen LogP contribution in [-0.2, 0) is 19.1 Å². The topological polar surface area (TPSA) is 72.8 Å². The van der Waals surface area contributed by atoms with Crippen LogP contribution in [0.1, 0.15) is 309 Å². The Labute approximate surface area is 471 Å². The highest BCUT2D eigenvalue weighted by Gasteiger charge is 2.16. The summed E-state index contributed by atoms with van der Waals surface area (Å²) in [6.07, 6.45) is 95.3. The van der Waals surface area contributed by atoms with Crippen LogP contribution in [-0.4, -0.2) is 36.4 Å². The molecule has 0 rings (SSSR count). The molecule has 5 nitrogen and oxygen atoms in total. The van der Waals surface area contributed by atoms with Gasteiger partial charge in [0.05, 0.1) is 6.61 Å². The number of ether oxygens (including phenoxy) is 2. The largest absolute Gasteiger partial charge is 0.462 e. The Morgan fingerprint density at radius 3 is 0.868 bits per heavy atom. The van der Waals surface area contributed by atoms with Crippen LogP contribution in [0.2, 0.25) is 0 Å². The Kier molecular flexibility index (Phi) is 62.9. The molecule has 76 heavy (non-hydrogen) atoms. The number of carbonyl (C=O) groups excluding carboxylic acids is 2. The van der Waals surface area contributed by atoms with E-state index in [0.717, 1.165) is 96.3 Å². The summed E-state index contributed by atoms with van der Waals surface area (Å²) in [7, 11) is 0. The molecule has 5 heteroatoms. The van der Waals surface area contributed by atoms with Gasteiger partial charge < -0.3 is 14.6 Å². The Morgan fingerprint density at radius 1 is 0.316 bits per heavy atom. The van der Waals surface area contributed by atoms with Crippen molar-refractivity contribution in [2.45, 2.75) is 315 Å². The molecule has 0 aliphatic heterocycles. The van der Waals surface area contributed by atoms with E-state index in [2.05, 4.69) is 123 Å². The van der Waals surface area contributed by atoms with Crippen LogP contribution in [0.5, 0.6) is 0 Å². The van der Waals surface area contributed by atoms with Gasteiger partial charge in [-0.3, -0.25) is 9.59 Å². The standard InChI is InChI=1S/C71H122O5/c1-3-5-7-9-11-13-15-17-19-21-23-25-27-29-30-31-32-33-34-35-36-37-38-39-40-42-43-45-47-49-51-53-55-57-59-61-63-65-70(73)75-68-69(67-72)76-71(74)66-64-62-60-58-56-54-52-50-48-46-44-41-28-26-24-22-20-18-16-14-12-10-8-6-4-2/h6,8,12,14-15,17-18,20-21,23-24,26,41,44,48,50,54,56,69,72H,3-5,7,9-11,13,16,19,22,25,27-40,42-43,45-47,49,51-53,55,57-68H2,1-2H3/b8-6-,14-12-,17-15-,20-18-,23-21-,26-24-,44-41-,50-48-,56-54-. The maximum Gasteiger partial charge on any atom is 0.306 e. The number of unbranched alkanes of at least 4 members (excludes halogenated alkanes) is 33. The first kappa shape index (κ1) is 72.6. The van der Waals surface area contributed by atoms with Gasteiger partial charge in [-0.25, -0.2) is 0 Å². The van der Waals surface area contributed by atoms with Crippen molar-refractivity contribution >= 4 is 11.9 Å². The van der Waals surface area contributed by atoms with Crippen molar-refractivity contribution in [1.82, 2.24) is 0 Å². The summed E-state index contributed by atoms with van der Waals surface area (Å²) in [5.74, 6) is -0.624. The monoisotopic (exact) mass is 1050 g/mol. The van der Waals surface area contributed by atoms with Gasteiger partial charge in [-0.15, -0.1) is 0 Å². The fraction of sp³-hybridized carbons (Fsp3) is 0.718. The lowest BCUT2D eigenvalue weighted by atomic mass is 10.0. The van der Waals surface area contributed by atoms with Gasteiger partial charge in [0.25, 0.3) is 0 Å². The van der Waals surface area contributed by atoms with E-state index >= 15 is 0 Å². The molecule has 0 saturated carbocycles. The van der Waals surface area contributed by atoms with Crippen LogP contribution in [0.15, 0.2) is 109 Å². The third kappa shape index (κ3) is 63.1. The summed E-state index contributed by atoms with van der Waals surface area (Å²) < 4.78 is 10.7. The van der Waals surface area contributed by atoms with E-state index in [4.69, 9.17) is 9.47 Å². The maximum absolute atomic E-state index is 12.3. The molecule has 1 atom stereocenters. The van der Waals surface area contributed by atoms with Crippen molar-refractivity contribution < 1.29 is 24.2 Å². The first-order chi connectivity index (χ1) is 37.6. The molecule has 0 fully saturated rings. The minimum Gasteiger partial charge on any atom is -0.462 e. The van der Waals surface area contributed by atoms with Gasteiger partial charge in [-0.05, 0) is 103 Å². The van der Waals surface area contributed by atoms with Gasteiger partial charge in [0, 0.05) is 12.8 Å². The zero-order valence-electron chi connectivity index (χ0n) is 50.0. The number of allylic oxidation sites excluding steroid dienone is 18. The molecular formula is C71H122O5. The molecule has 1 N–H and O–H groups in total. The van der Waals surface area contributed by atoms with Crippen molar-refractivity contribution in [2.24, 2.45) is 0 Å². The van der Waals surface area contributed by atoms with Crippen LogP contribution in [0.4, 0.5) is 0 Å². The average Bonchev–Trinajstić information content (AvgIpc) is 3.42. The minimum absolute atomic E-state index is 0.0829. The smallest absolute Gasteiger partial charge is 0.306 e. The predicted molar refractivity (Wildman–Crippen MR) is 334 cm³/mol. The first-order valence-corrected chi connectivity index (χ1v) is 32.4. The fourth-order valence-corrected chi connectivity index (χ4v) is 9.22. The third-order valence-corrected chi connectivity index (χ3v) is 14.1. The summed E-state index contributed by atoms with van der Waals surface area (Å²) in [5, 5.41) is 9.67. The van der Waals surface area contributed by atoms with Crippen molar-refractivity contribution in [2.75, 3.05) is 13.2 Å². The molecule has 0 amide bonds. The van der Waals surface area contributed by atoms with E-state index in [0.29, 0.717) is 12.8 Å². The highest BCUT2D eigenvalue weighted by Crippen LogP contribution is 2.17. The van der Waals surface area contributed by atoms with Crippen molar-refractivity contribution in [3.63, 3.8) is 0 Å². The van der Waals surface area contributed by atoms with Gasteiger partial charge in [0.2, 0.25) is 0 Å². The minimum atomic E-state index is -0.797. The number of hydrogen-bond donors (Lipinski definition) is 1. The molecule has 1 unspecified atom stereocenters. The summed E-state index contributed by atoms with van der Waals surface area (Å²) in [5.41, 5.74) is 0. The number of carbonyl (C=O) groups is 2. The van der Waals surface area contributed by atoms with E-state index in [-0.39, 0.29) is 25.2 Å². The average molecular weight is 1060 g/mol. The van der Waals surface area contributed by atoms with Crippen LogP contribution in [0.25, 0.3) is 0 Å². The molecule has 0 radical (unpaired) electrons. The van der Waals surface area contributed by atoms with E-state index in [9.17, 15) is 14.7 Å². The second-order valence-corrected chi connectivity index (χ2v) is 21.5. The predicted octanol–water partition coefficient (Wildman–Crippen LogP) is 22.4. The summed E-state index contributed by atoms with van der Waals surface area (Å²) in [6, 6.07) is 0. The van der Waals surface area contributed by atoms with E-state index in [1.54, 1.807) is 0 Å². The summed E-state index contributed by atoms with van der Waals surface area (Å²) in [6.45, 7) is 4.01. The van der Waals surface area contributed by atoms with Gasteiger partial charge in [-0.1, -0.05) is 303 Å². The molecule has 0 heterocycles. The molecule has 0 aliphatic carbocycles. The highest BCUT2D eigenvalue weighted by atomic mass is 16.6. The first-order valence-electron chi connectivity index (χ1n) is 32.4. The fourth-order valence-electron chi connectivity index (χ4n) is 9.22. The van der Waals surface area contributed by atoms with E-state index in [1.807, 2.05) is 0 Å². The van der Waals surface area contributed by atoms with Crippen LogP contribution >= 0.6 is 0 Å². The molecule has 0 saturated heterocycles. The number of hydrogen-bond acceptors (Lipinski definition) is 5. The molecular weight excluding hydrogens is 933 g/mol. The Morgan fingerprint density at radius 2 is 0.566 bits per heavy atom. The van der Waals surface area contributed by atoms with Crippen LogP contribution in [0, 0.1) is 0 Å². The van der Waals surface area contributed by atoms with E-state index < -0.39 is 6.10 Å². The molecule has 0 aromatic heterocycles. The molecule has 0 spiro atoms. The molecule has 0 aromatic carbocycles. The lowest BCUT2D eigenvalue weighted by molar-refractivity contribution is -0.161. The second kappa shape index (κ2) is 65.8. The van der Waals surface area contributed by atoms with Gasteiger partial charge in [0.1, 0.15) is 6.61 Å². The quantitative estimate of drug-likeness (QED) is 0.0373. The zero-order valence-corrected chi connectivity index (χ0v) is 50.0. The van der Waals surface area contributed by atoms with Gasteiger partial charge >= 0.3 is 11.9 Å². The second-order valence-electron chi connectivity index (χ2n) is 21.5. The zero-order chi connectivity index (χ0) is 54.8. The number of esters is 2.